The number of hydrogen-bond acceptors (Lipinski definition) is 12. The SMILES string of the molecule is Cc1cnc(NCCCC2CCN(C)CC2)nc1-c1cc2ccc(C3(c4ccc5cc(-c6nc(NCCCC7CCN(C)CC7)ncc6C)sc5c4)COCCN3C=O)cc2s1.Cl. The number of nitrogens with one attached hydrogen (secondary N) is 2. The summed E-state index contributed by atoms with van der Waals surface area (Å²) in [7, 11) is 4.44. The van der Waals surface area contributed by atoms with Crippen molar-refractivity contribution in [3.8, 4) is 21.1 Å². The van der Waals surface area contributed by atoms with Gasteiger partial charge >= 0.3 is 0 Å². The molecule has 0 aliphatic carbocycles. The molecule has 2 aromatic carbocycles. The highest BCUT2D eigenvalue weighted by Crippen LogP contribution is 2.44. The molecule has 2 N–H and O–H groups in total. The highest BCUT2D eigenvalue weighted by molar-refractivity contribution is 7.22. The number of amides is 1. The molecule has 0 spiro atoms. The van der Waals surface area contributed by atoms with Crippen LogP contribution in [-0.4, -0.2) is 114 Å². The van der Waals surface area contributed by atoms with Crippen molar-refractivity contribution in [1.82, 2.24) is 34.6 Å². The Labute approximate surface area is 386 Å². The lowest BCUT2D eigenvalue weighted by Crippen LogP contribution is -2.54. The minimum Gasteiger partial charge on any atom is -0.376 e. The van der Waals surface area contributed by atoms with Crippen LogP contribution in [0.2, 0.25) is 0 Å². The number of carbonyl (C=O) groups is 1. The quantitative estimate of drug-likeness (QED) is 0.0764. The van der Waals surface area contributed by atoms with Gasteiger partial charge in [-0.2, -0.15) is 0 Å². The van der Waals surface area contributed by atoms with Crippen LogP contribution in [0.5, 0.6) is 0 Å². The monoisotopic (exact) mass is 907 g/mol. The Kier molecular flexibility index (Phi) is 14.6. The number of piperidine rings is 2. The summed E-state index contributed by atoms with van der Waals surface area (Å²) in [5, 5.41) is 9.31. The van der Waals surface area contributed by atoms with Crippen LogP contribution >= 0.6 is 35.1 Å². The van der Waals surface area contributed by atoms with Crippen LogP contribution in [-0.2, 0) is 15.1 Å². The summed E-state index contributed by atoms with van der Waals surface area (Å²) < 4.78 is 8.55. The van der Waals surface area contributed by atoms with Crippen LogP contribution in [0.15, 0.2) is 60.9 Å². The first-order chi connectivity index (χ1) is 30.2. The first kappa shape index (κ1) is 45.3. The summed E-state index contributed by atoms with van der Waals surface area (Å²) in [6, 6.07) is 17.7. The van der Waals surface area contributed by atoms with Gasteiger partial charge in [0.25, 0.3) is 0 Å². The lowest BCUT2D eigenvalue weighted by Gasteiger charge is -2.45. The molecule has 9 rings (SSSR count). The van der Waals surface area contributed by atoms with Gasteiger partial charge in [0.05, 0.1) is 34.4 Å². The normalized spacial score (nSPS) is 17.9. The summed E-state index contributed by atoms with van der Waals surface area (Å²) in [6.07, 6.45) is 14.8. The van der Waals surface area contributed by atoms with E-state index in [1.165, 1.54) is 64.7 Å². The van der Waals surface area contributed by atoms with Gasteiger partial charge in [0, 0.05) is 41.4 Å². The third kappa shape index (κ3) is 10.0. The maximum absolute atomic E-state index is 13.0. The Balaban J connectivity index is 0.00000544. The van der Waals surface area contributed by atoms with E-state index in [0.29, 0.717) is 31.7 Å². The van der Waals surface area contributed by atoms with Crippen LogP contribution < -0.4 is 10.6 Å². The van der Waals surface area contributed by atoms with Crippen molar-refractivity contribution >= 4 is 73.6 Å². The maximum Gasteiger partial charge on any atom is 0.223 e. The van der Waals surface area contributed by atoms with Gasteiger partial charge in [-0.1, -0.05) is 24.3 Å². The van der Waals surface area contributed by atoms with E-state index in [4.69, 9.17) is 14.7 Å². The van der Waals surface area contributed by atoms with Gasteiger partial charge in [-0.25, -0.2) is 19.9 Å². The van der Waals surface area contributed by atoms with Crippen molar-refractivity contribution in [2.75, 3.05) is 83.8 Å². The molecule has 3 aliphatic heterocycles. The predicted molar refractivity (Wildman–Crippen MR) is 263 cm³/mol. The second kappa shape index (κ2) is 20.3. The molecule has 1 amide bonds. The number of thiophene rings is 2. The van der Waals surface area contributed by atoms with Gasteiger partial charge < -0.3 is 30.1 Å². The van der Waals surface area contributed by atoms with Gasteiger partial charge in [-0.15, -0.1) is 35.1 Å². The van der Waals surface area contributed by atoms with Crippen LogP contribution in [0.3, 0.4) is 0 Å². The topological polar surface area (TPSA) is 112 Å². The highest BCUT2D eigenvalue weighted by Gasteiger charge is 2.43. The number of likely N-dealkylation sites (tertiary alicyclic amines) is 2. The van der Waals surface area contributed by atoms with E-state index in [1.807, 2.05) is 17.3 Å². The third-order valence-corrected chi connectivity index (χ3v) is 15.8. The molecular weight excluding hydrogens is 846 g/mol. The number of nitrogens with zero attached hydrogens (tertiary/aromatic N) is 7. The van der Waals surface area contributed by atoms with E-state index >= 15 is 0 Å². The summed E-state index contributed by atoms with van der Waals surface area (Å²) in [6.45, 7) is 12.1. The molecule has 0 atom stereocenters. The number of rotatable bonds is 15. The van der Waals surface area contributed by atoms with Crippen molar-refractivity contribution in [3.63, 3.8) is 0 Å². The fourth-order valence-electron chi connectivity index (χ4n) is 9.71. The number of hydrogen-bond donors (Lipinski definition) is 2. The summed E-state index contributed by atoms with van der Waals surface area (Å²) >= 11 is 3.47. The molecule has 0 saturated carbocycles. The van der Waals surface area contributed by atoms with Crippen molar-refractivity contribution in [1.29, 1.82) is 0 Å². The number of fused-ring (bicyclic) bond motifs is 2. The molecule has 6 aromatic rings. The Hall–Kier alpha value is -4.24. The molecule has 0 radical (unpaired) electrons. The molecule has 4 aromatic heterocycles. The molecule has 0 unspecified atom stereocenters. The second-order valence-electron chi connectivity index (χ2n) is 18.0. The zero-order valence-electron chi connectivity index (χ0n) is 37.2. The third-order valence-electron chi connectivity index (χ3n) is 13.6. The van der Waals surface area contributed by atoms with E-state index in [-0.39, 0.29) is 12.4 Å². The Bertz CT molecular complexity index is 2340. The van der Waals surface area contributed by atoms with Crippen LogP contribution in [0.1, 0.15) is 73.6 Å². The standard InChI is InChI=1S/C49H61N9O2S2.ClH/c1-33-29-52-47(50-17-5-7-35-13-19-56(3)20-14-35)54-45(33)43-25-37-9-11-39(27-41(37)61-43)49(31-60-24-23-58(49)32-59)40-12-10-38-26-44(62-42(38)28-40)46-34(2)30-53-48(55-46)51-18-6-8-36-15-21-57(4)22-16-36;/h9-12,25-30,32,35-36H,5-8,13-24,31H2,1-4H3,(H,50,52,54)(H,51,53,55);1H. The molecule has 334 valence electrons. The number of aryl methyl sites for hydroxylation is 2. The zero-order valence-corrected chi connectivity index (χ0v) is 39.6. The maximum atomic E-state index is 13.0. The Morgan fingerprint density at radius 1 is 0.714 bits per heavy atom. The van der Waals surface area contributed by atoms with E-state index in [2.05, 4.69) is 107 Å². The van der Waals surface area contributed by atoms with E-state index in [0.717, 1.165) is 108 Å². The van der Waals surface area contributed by atoms with Crippen LogP contribution in [0.25, 0.3) is 41.3 Å². The second-order valence-corrected chi connectivity index (χ2v) is 20.2. The lowest BCUT2D eigenvalue weighted by molar-refractivity contribution is -0.132. The van der Waals surface area contributed by atoms with Crippen LogP contribution in [0, 0.1) is 25.7 Å². The number of aromatic nitrogens is 4. The van der Waals surface area contributed by atoms with Crippen molar-refractivity contribution in [2.45, 2.75) is 70.8 Å². The summed E-state index contributed by atoms with van der Waals surface area (Å²) in [5.41, 5.74) is 5.27. The number of benzene rings is 2. The molecule has 3 saturated heterocycles. The Morgan fingerprint density at radius 2 is 1.19 bits per heavy atom. The summed E-state index contributed by atoms with van der Waals surface area (Å²) in [4.78, 5) is 41.3. The molecule has 3 fully saturated rings. The molecule has 11 nitrogen and oxygen atoms in total. The van der Waals surface area contributed by atoms with Gasteiger partial charge in [0.15, 0.2) is 0 Å². The number of carbonyl (C=O) groups excluding carboxylic acids is 1. The molecule has 0 bridgehead atoms. The van der Waals surface area contributed by atoms with E-state index in [9.17, 15) is 4.79 Å². The van der Waals surface area contributed by atoms with E-state index in [1.54, 1.807) is 22.7 Å². The van der Waals surface area contributed by atoms with Crippen molar-refractivity contribution in [2.24, 2.45) is 11.8 Å². The molecule has 3 aliphatic rings. The number of morpholine rings is 1. The molecule has 14 heteroatoms. The van der Waals surface area contributed by atoms with Crippen LogP contribution in [0.4, 0.5) is 11.9 Å². The van der Waals surface area contributed by atoms with E-state index < -0.39 is 5.54 Å². The van der Waals surface area contributed by atoms with Gasteiger partial charge in [-0.3, -0.25) is 4.79 Å². The van der Waals surface area contributed by atoms with Crippen molar-refractivity contribution < 1.29 is 9.53 Å². The van der Waals surface area contributed by atoms with Gasteiger partial charge in [0.1, 0.15) is 5.54 Å². The Morgan fingerprint density at radius 3 is 1.65 bits per heavy atom. The first-order valence-corrected chi connectivity index (χ1v) is 24.3. The zero-order chi connectivity index (χ0) is 42.6. The van der Waals surface area contributed by atoms with Crippen molar-refractivity contribution in [3.05, 3.63) is 83.2 Å². The molecule has 7 heterocycles. The minimum atomic E-state index is -0.790. The molecule has 63 heavy (non-hydrogen) atoms. The first-order valence-electron chi connectivity index (χ1n) is 22.7. The minimum absolute atomic E-state index is 0. The number of ether oxygens (including phenoxy) is 1. The fraction of sp³-hybridized carbons (Fsp3) is 0.490. The summed E-state index contributed by atoms with van der Waals surface area (Å²) in [5.74, 6) is 3.00. The highest BCUT2D eigenvalue weighted by atomic mass is 35.5. The van der Waals surface area contributed by atoms with Gasteiger partial charge in [0.2, 0.25) is 18.3 Å². The van der Waals surface area contributed by atoms with Gasteiger partial charge in [-0.05, 0) is 175 Å². The average molecular weight is 909 g/mol. The number of anilines is 2. The average Bonchev–Trinajstić information content (AvgIpc) is 3.93. The lowest BCUT2D eigenvalue weighted by atomic mass is 9.81. The predicted octanol–water partition coefficient (Wildman–Crippen LogP) is 9.87. The fourth-order valence-corrected chi connectivity index (χ4v) is 12.0. The largest absolute Gasteiger partial charge is 0.376 e. The smallest absolute Gasteiger partial charge is 0.223 e. The number of halogens is 1. The molecular formula is C49H62ClN9O2S2.